The maximum Gasteiger partial charge on any atom is -0.00463 e. The summed E-state index contributed by atoms with van der Waals surface area (Å²) in [5, 5.41) is 3.38. The smallest absolute Gasteiger partial charge is 0.00463 e. The fraction of sp³-hybridized carbons (Fsp3) is 0.889. The fourth-order valence-corrected chi connectivity index (χ4v) is 1.57. The Kier molecular flexibility index (Phi) is 3.81. The van der Waals surface area contributed by atoms with Crippen molar-refractivity contribution in [3.63, 3.8) is 0 Å². The molecular formula is C9H18N. The Hall–Kier alpha value is -0.0400. The van der Waals surface area contributed by atoms with Gasteiger partial charge in [0.25, 0.3) is 0 Å². The van der Waals surface area contributed by atoms with Crippen molar-refractivity contribution in [2.24, 2.45) is 5.92 Å². The Bertz CT molecular complexity index is 74.8. The molecule has 0 aliphatic carbocycles. The molecule has 1 heterocycles. The highest BCUT2D eigenvalue weighted by atomic mass is 14.9. The first-order valence-electron chi connectivity index (χ1n) is 4.42. The average Bonchev–Trinajstić information content (AvgIpc) is 2.03. The van der Waals surface area contributed by atoms with Crippen LogP contribution in [-0.4, -0.2) is 13.1 Å². The van der Waals surface area contributed by atoms with E-state index in [0.29, 0.717) is 0 Å². The molecule has 1 heteroatoms. The molecule has 0 aromatic carbocycles. The van der Waals surface area contributed by atoms with Crippen molar-refractivity contribution < 1.29 is 0 Å². The first-order chi connectivity index (χ1) is 4.93. The summed E-state index contributed by atoms with van der Waals surface area (Å²) in [5.74, 6) is 1.01. The Morgan fingerprint density at radius 3 is 2.70 bits per heavy atom. The van der Waals surface area contributed by atoms with E-state index in [0.717, 1.165) is 5.92 Å². The van der Waals surface area contributed by atoms with Crippen LogP contribution in [0.5, 0.6) is 0 Å². The minimum absolute atomic E-state index is 1.01. The molecule has 0 aromatic rings. The topological polar surface area (TPSA) is 12.0 Å². The van der Waals surface area contributed by atoms with Crippen LogP contribution in [0.4, 0.5) is 0 Å². The third-order valence-corrected chi connectivity index (χ3v) is 2.32. The predicted octanol–water partition coefficient (Wildman–Crippen LogP) is 1.99. The van der Waals surface area contributed by atoms with Gasteiger partial charge in [0.15, 0.2) is 0 Å². The van der Waals surface area contributed by atoms with Crippen LogP contribution in [0.3, 0.4) is 0 Å². The van der Waals surface area contributed by atoms with Gasteiger partial charge in [-0.15, -0.1) is 0 Å². The number of nitrogens with one attached hydrogen (secondary N) is 1. The normalized spacial score (nSPS) is 21.3. The molecule has 1 radical (unpaired) electrons. The molecule has 0 saturated carbocycles. The Morgan fingerprint density at radius 1 is 1.40 bits per heavy atom. The lowest BCUT2D eigenvalue weighted by Gasteiger charge is -2.21. The molecule has 59 valence electrons. The molecule has 0 bridgehead atoms. The van der Waals surface area contributed by atoms with E-state index < -0.39 is 0 Å². The van der Waals surface area contributed by atoms with E-state index in [-0.39, 0.29) is 0 Å². The molecule has 1 aliphatic rings. The summed E-state index contributed by atoms with van der Waals surface area (Å²) in [6.07, 6.45) is 7.80. The van der Waals surface area contributed by atoms with E-state index in [9.17, 15) is 0 Å². The Balaban J connectivity index is 2.02. The quantitative estimate of drug-likeness (QED) is 0.632. The van der Waals surface area contributed by atoms with Gasteiger partial charge in [-0.1, -0.05) is 19.8 Å². The van der Waals surface area contributed by atoms with Crippen molar-refractivity contribution in [1.82, 2.24) is 5.32 Å². The summed E-state index contributed by atoms with van der Waals surface area (Å²) in [7, 11) is 0. The lowest BCUT2D eigenvalue weighted by atomic mass is 9.93. The zero-order valence-electron chi connectivity index (χ0n) is 6.90. The Morgan fingerprint density at radius 2 is 2.10 bits per heavy atom. The third-order valence-electron chi connectivity index (χ3n) is 2.32. The van der Waals surface area contributed by atoms with Crippen LogP contribution >= 0.6 is 0 Å². The zero-order valence-corrected chi connectivity index (χ0v) is 6.90. The largest absolute Gasteiger partial charge is 0.317 e. The van der Waals surface area contributed by atoms with E-state index in [1.54, 1.807) is 0 Å². The highest BCUT2D eigenvalue weighted by molar-refractivity contribution is 4.70. The Labute approximate surface area is 64.2 Å². The van der Waals surface area contributed by atoms with Crippen molar-refractivity contribution in [1.29, 1.82) is 0 Å². The van der Waals surface area contributed by atoms with Gasteiger partial charge in [-0.05, 0) is 38.3 Å². The molecule has 0 spiro atoms. The first kappa shape index (κ1) is 8.06. The summed E-state index contributed by atoms with van der Waals surface area (Å²) in [6, 6.07) is 0. The van der Waals surface area contributed by atoms with Crippen LogP contribution in [0.1, 0.15) is 32.6 Å². The fourth-order valence-electron chi connectivity index (χ4n) is 1.57. The van der Waals surface area contributed by atoms with Crippen LogP contribution < -0.4 is 5.32 Å². The molecule has 1 N–H and O–H groups in total. The second-order valence-electron chi connectivity index (χ2n) is 3.18. The van der Waals surface area contributed by atoms with Gasteiger partial charge in [0.2, 0.25) is 0 Å². The molecule has 0 atom stereocenters. The molecule has 1 aliphatic heterocycles. The van der Waals surface area contributed by atoms with Gasteiger partial charge >= 0.3 is 0 Å². The van der Waals surface area contributed by atoms with Crippen molar-refractivity contribution in [2.75, 3.05) is 13.1 Å². The van der Waals surface area contributed by atoms with Crippen LogP contribution in [0.25, 0.3) is 0 Å². The molecule has 0 aromatic heterocycles. The summed E-state index contributed by atoms with van der Waals surface area (Å²) in [6.45, 7) is 4.64. The summed E-state index contributed by atoms with van der Waals surface area (Å²) in [5.41, 5.74) is 0. The molecule has 1 rings (SSSR count). The summed E-state index contributed by atoms with van der Waals surface area (Å²) in [4.78, 5) is 0. The monoisotopic (exact) mass is 140 g/mol. The van der Waals surface area contributed by atoms with E-state index in [1.165, 1.54) is 38.8 Å². The van der Waals surface area contributed by atoms with Crippen molar-refractivity contribution >= 4 is 0 Å². The van der Waals surface area contributed by atoms with Crippen LogP contribution in [0, 0.1) is 12.3 Å². The molecule has 0 amide bonds. The SMILES string of the molecule is C[CH]CCC1CCNCC1. The minimum atomic E-state index is 1.01. The second kappa shape index (κ2) is 4.73. The van der Waals surface area contributed by atoms with Crippen LogP contribution in [0.15, 0.2) is 0 Å². The van der Waals surface area contributed by atoms with Gasteiger partial charge in [0, 0.05) is 0 Å². The van der Waals surface area contributed by atoms with E-state index in [4.69, 9.17) is 0 Å². The van der Waals surface area contributed by atoms with Crippen molar-refractivity contribution in [3.8, 4) is 0 Å². The van der Waals surface area contributed by atoms with E-state index in [2.05, 4.69) is 18.7 Å². The van der Waals surface area contributed by atoms with Gasteiger partial charge < -0.3 is 5.32 Å². The highest BCUT2D eigenvalue weighted by Crippen LogP contribution is 2.17. The molecular weight excluding hydrogens is 122 g/mol. The number of hydrogen-bond donors (Lipinski definition) is 1. The van der Waals surface area contributed by atoms with Gasteiger partial charge in [-0.25, -0.2) is 0 Å². The van der Waals surface area contributed by atoms with Gasteiger partial charge in [0.1, 0.15) is 0 Å². The maximum atomic E-state index is 3.38. The predicted molar refractivity (Wildman–Crippen MR) is 44.8 cm³/mol. The minimum Gasteiger partial charge on any atom is -0.317 e. The molecule has 1 nitrogen and oxygen atoms in total. The number of piperidine rings is 1. The van der Waals surface area contributed by atoms with Crippen molar-refractivity contribution in [2.45, 2.75) is 32.6 Å². The summed E-state index contributed by atoms with van der Waals surface area (Å²) < 4.78 is 0. The average molecular weight is 140 g/mol. The van der Waals surface area contributed by atoms with Gasteiger partial charge in [0.05, 0.1) is 0 Å². The summed E-state index contributed by atoms with van der Waals surface area (Å²) >= 11 is 0. The molecule has 1 fully saturated rings. The van der Waals surface area contributed by atoms with Crippen LogP contribution in [0.2, 0.25) is 0 Å². The lowest BCUT2D eigenvalue weighted by molar-refractivity contribution is 0.353. The number of unbranched alkanes of at least 4 members (excludes halogenated alkanes) is 1. The lowest BCUT2D eigenvalue weighted by Crippen LogP contribution is -2.27. The third kappa shape index (κ3) is 2.70. The zero-order chi connectivity index (χ0) is 7.23. The molecule has 1 saturated heterocycles. The standard InChI is InChI=1S/C9H18N/c1-2-3-4-9-5-7-10-8-6-9/h2,9-10H,3-8H2,1H3. The van der Waals surface area contributed by atoms with Crippen molar-refractivity contribution in [3.05, 3.63) is 6.42 Å². The first-order valence-corrected chi connectivity index (χ1v) is 4.42. The van der Waals surface area contributed by atoms with Gasteiger partial charge in [-0.3, -0.25) is 0 Å². The maximum absolute atomic E-state index is 3.38. The second-order valence-corrected chi connectivity index (χ2v) is 3.18. The van der Waals surface area contributed by atoms with E-state index in [1.807, 2.05) is 0 Å². The van der Waals surface area contributed by atoms with E-state index >= 15 is 0 Å². The van der Waals surface area contributed by atoms with Gasteiger partial charge in [-0.2, -0.15) is 0 Å². The number of hydrogen-bond acceptors (Lipinski definition) is 1. The molecule has 10 heavy (non-hydrogen) atoms. The number of rotatable bonds is 3. The molecule has 0 unspecified atom stereocenters. The van der Waals surface area contributed by atoms with Crippen LogP contribution in [-0.2, 0) is 0 Å². The highest BCUT2D eigenvalue weighted by Gasteiger charge is 2.11.